The van der Waals surface area contributed by atoms with Crippen LogP contribution in [-0.2, 0) is 9.53 Å². The number of amides is 1. The molecule has 0 atom stereocenters. The third-order valence-electron chi connectivity index (χ3n) is 3.03. The molecule has 0 saturated heterocycles. The maximum Gasteiger partial charge on any atom is 0.325 e. The second-order valence-electron chi connectivity index (χ2n) is 4.43. The molecule has 1 amide bonds. The van der Waals surface area contributed by atoms with E-state index in [1.54, 1.807) is 6.92 Å². The molecule has 1 aromatic carbocycles. The first-order valence-electron chi connectivity index (χ1n) is 5.95. The molecule has 0 aliphatic rings. The van der Waals surface area contributed by atoms with Gasteiger partial charge in [0.2, 0.25) is 0 Å². The summed E-state index contributed by atoms with van der Waals surface area (Å²) >= 11 is 0. The Morgan fingerprint density at radius 2 is 2.10 bits per heavy atom. The van der Waals surface area contributed by atoms with Crippen molar-refractivity contribution in [2.45, 2.75) is 6.92 Å². The van der Waals surface area contributed by atoms with E-state index >= 15 is 0 Å². The number of aryl methyl sites for hydroxylation is 1. The molecule has 0 bridgehead atoms. The lowest BCUT2D eigenvalue weighted by Crippen LogP contribution is -2.32. The summed E-state index contributed by atoms with van der Waals surface area (Å²) in [5.74, 6) is -1.29. The van der Waals surface area contributed by atoms with Crippen LogP contribution >= 0.6 is 0 Å². The third kappa shape index (κ3) is 2.49. The number of rotatable bonds is 3. The second-order valence-corrected chi connectivity index (χ2v) is 4.43. The van der Waals surface area contributed by atoms with E-state index < -0.39 is 17.7 Å². The molecule has 1 aromatic heterocycles. The van der Waals surface area contributed by atoms with Crippen LogP contribution in [0.4, 0.5) is 4.39 Å². The molecule has 0 saturated carbocycles. The molecule has 20 heavy (non-hydrogen) atoms. The van der Waals surface area contributed by atoms with Crippen LogP contribution in [0, 0.1) is 12.7 Å². The normalized spacial score (nSPS) is 10.6. The van der Waals surface area contributed by atoms with Crippen molar-refractivity contribution >= 4 is 22.8 Å². The highest BCUT2D eigenvalue weighted by Gasteiger charge is 2.22. The van der Waals surface area contributed by atoms with Crippen LogP contribution in [-0.4, -0.2) is 37.5 Å². The molecular weight excluding hydrogens is 265 g/mol. The highest BCUT2D eigenvalue weighted by molar-refractivity contribution is 5.99. The number of carbonyl (C=O) groups excluding carboxylic acids is 2. The van der Waals surface area contributed by atoms with Crippen LogP contribution in [0.15, 0.2) is 22.6 Å². The van der Waals surface area contributed by atoms with Gasteiger partial charge in [-0.25, -0.2) is 4.39 Å². The summed E-state index contributed by atoms with van der Waals surface area (Å²) in [5.41, 5.74) is 0.972. The number of esters is 1. The molecule has 5 nitrogen and oxygen atoms in total. The Labute approximate surface area is 114 Å². The fraction of sp³-hybridized carbons (Fsp3) is 0.286. The lowest BCUT2D eigenvalue weighted by Gasteiger charge is -2.14. The monoisotopic (exact) mass is 279 g/mol. The van der Waals surface area contributed by atoms with Crippen molar-refractivity contribution < 1.29 is 23.1 Å². The van der Waals surface area contributed by atoms with E-state index in [1.165, 1.54) is 37.3 Å². The van der Waals surface area contributed by atoms with Gasteiger partial charge in [-0.3, -0.25) is 9.59 Å². The molecule has 0 spiro atoms. The van der Waals surface area contributed by atoms with Crippen molar-refractivity contribution in [1.29, 1.82) is 0 Å². The first-order chi connectivity index (χ1) is 9.43. The molecule has 0 aliphatic carbocycles. The average molecular weight is 279 g/mol. The smallest absolute Gasteiger partial charge is 0.325 e. The van der Waals surface area contributed by atoms with Gasteiger partial charge >= 0.3 is 5.97 Å². The minimum Gasteiger partial charge on any atom is -0.468 e. The molecule has 0 aliphatic heterocycles. The van der Waals surface area contributed by atoms with Gasteiger partial charge in [-0.2, -0.15) is 0 Å². The Morgan fingerprint density at radius 1 is 1.40 bits per heavy atom. The fourth-order valence-electron chi connectivity index (χ4n) is 1.90. The fourth-order valence-corrected chi connectivity index (χ4v) is 1.90. The van der Waals surface area contributed by atoms with Crippen molar-refractivity contribution in [3.05, 3.63) is 35.3 Å². The Kier molecular flexibility index (Phi) is 3.74. The van der Waals surface area contributed by atoms with Gasteiger partial charge in [-0.15, -0.1) is 0 Å². The van der Waals surface area contributed by atoms with Gasteiger partial charge in [0.1, 0.15) is 17.9 Å². The number of carbonyl (C=O) groups is 2. The largest absolute Gasteiger partial charge is 0.468 e. The van der Waals surface area contributed by atoms with Gasteiger partial charge in [0.25, 0.3) is 5.91 Å². The van der Waals surface area contributed by atoms with Crippen molar-refractivity contribution in [2.24, 2.45) is 0 Å². The molecule has 1 heterocycles. The van der Waals surface area contributed by atoms with Crippen molar-refractivity contribution in [2.75, 3.05) is 20.7 Å². The highest BCUT2D eigenvalue weighted by Crippen LogP contribution is 2.26. The predicted octanol–water partition coefficient (Wildman–Crippen LogP) is 2.13. The summed E-state index contributed by atoms with van der Waals surface area (Å²) < 4.78 is 23.1. The molecule has 106 valence electrons. The zero-order valence-electron chi connectivity index (χ0n) is 11.4. The van der Waals surface area contributed by atoms with Gasteiger partial charge in [-0.05, 0) is 25.1 Å². The zero-order valence-corrected chi connectivity index (χ0v) is 11.4. The summed E-state index contributed by atoms with van der Waals surface area (Å²) in [4.78, 5) is 24.6. The summed E-state index contributed by atoms with van der Waals surface area (Å²) in [6.45, 7) is 1.49. The summed E-state index contributed by atoms with van der Waals surface area (Å²) in [5, 5.41) is 0.541. The summed E-state index contributed by atoms with van der Waals surface area (Å²) in [6.07, 6.45) is 0. The number of furan rings is 1. The number of methoxy groups -OCH3 is 1. The lowest BCUT2D eigenvalue weighted by atomic mass is 10.1. The van der Waals surface area contributed by atoms with Crippen molar-refractivity contribution in [1.82, 2.24) is 4.90 Å². The number of ether oxygens (including phenoxy) is 1. The molecule has 2 rings (SSSR count). The zero-order chi connectivity index (χ0) is 14.9. The van der Waals surface area contributed by atoms with Gasteiger partial charge in [0, 0.05) is 18.0 Å². The second kappa shape index (κ2) is 5.32. The Morgan fingerprint density at radius 3 is 2.75 bits per heavy atom. The van der Waals surface area contributed by atoms with Gasteiger partial charge in [-0.1, -0.05) is 0 Å². The Hall–Kier alpha value is -2.37. The minimum atomic E-state index is -0.527. The first-order valence-corrected chi connectivity index (χ1v) is 5.95. The molecule has 6 heteroatoms. The first kappa shape index (κ1) is 14.0. The van der Waals surface area contributed by atoms with Gasteiger partial charge in [0.05, 0.1) is 7.11 Å². The molecular formula is C14H14FNO4. The van der Waals surface area contributed by atoms with Gasteiger partial charge < -0.3 is 14.1 Å². The van der Waals surface area contributed by atoms with Crippen LogP contribution in [0.3, 0.4) is 0 Å². The lowest BCUT2D eigenvalue weighted by molar-refractivity contribution is -0.141. The SMILES string of the molecule is COC(=O)CN(C)C(=O)c1oc2ccc(F)cc2c1C. The average Bonchev–Trinajstić information content (AvgIpc) is 2.75. The van der Waals surface area contributed by atoms with E-state index in [1.807, 2.05) is 0 Å². The van der Waals surface area contributed by atoms with E-state index in [4.69, 9.17) is 4.42 Å². The number of hydrogen-bond donors (Lipinski definition) is 0. The number of likely N-dealkylation sites (N-methyl/N-ethyl adjacent to an activating group) is 1. The summed E-state index contributed by atoms with van der Waals surface area (Å²) in [6, 6.07) is 4.04. The summed E-state index contributed by atoms with van der Waals surface area (Å²) in [7, 11) is 2.71. The topological polar surface area (TPSA) is 59.8 Å². The number of hydrogen-bond acceptors (Lipinski definition) is 4. The van der Waals surface area contributed by atoms with Gasteiger partial charge in [0.15, 0.2) is 5.76 Å². The maximum absolute atomic E-state index is 13.2. The molecule has 0 fully saturated rings. The molecule has 2 aromatic rings. The van der Waals surface area contributed by atoms with E-state index in [0.29, 0.717) is 16.5 Å². The Bertz CT molecular complexity index is 677. The van der Waals surface area contributed by atoms with Crippen molar-refractivity contribution in [3.63, 3.8) is 0 Å². The minimum absolute atomic E-state index is 0.0944. The van der Waals surface area contributed by atoms with E-state index in [0.717, 1.165) is 0 Å². The van der Waals surface area contributed by atoms with Crippen molar-refractivity contribution in [3.8, 4) is 0 Å². The van der Waals surface area contributed by atoms with Crippen LogP contribution in [0.25, 0.3) is 11.0 Å². The molecule has 0 N–H and O–H groups in total. The third-order valence-corrected chi connectivity index (χ3v) is 3.03. The number of fused-ring (bicyclic) bond motifs is 1. The number of benzene rings is 1. The standard InChI is InChI=1S/C14H14FNO4/c1-8-10-6-9(15)4-5-11(10)20-13(8)14(18)16(2)7-12(17)19-3/h4-6H,7H2,1-3H3. The highest BCUT2D eigenvalue weighted by atomic mass is 19.1. The Balaban J connectivity index is 2.35. The number of nitrogens with zero attached hydrogens (tertiary/aromatic N) is 1. The molecule has 0 radical (unpaired) electrons. The van der Waals surface area contributed by atoms with E-state index in [9.17, 15) is 14.0 Å². The van der Waals surface area contributed by atoms with Crippen LogP contribution in [0.5, 0.6) is 0 Å². The predicted molar refractivity (Wildman–Crippen MR) is 69.9 cm³/mol. The quantitative estimate of drug-likeness (QED) is 0.807. The number of halogens is 1. The van der Waals surface area contributed by atoms with Crippen LogP contribution in [0.2, 0.25) is 0 Å². The molecule has 0 unspecified atom stereocenters. The van der Waals surface area contributed by atoms with E-state index in [-0.39, 0.29) is 12.3 Å². The maximum atomic E-state index is 13.2. The van der Waals surface area contributed by atoms with Crippen LogP contribution in [0.1, 0.15) is 16.1 Å². The van der Waals surface area contributed by atoms with E-state index in [2.05, 4.69) is 4.74 Å². The van der Waals surface area contributed by atoms with Crippen LogP contribution < -0.4 is 0 Å².